The quantitative estimate of drug-likeness (QED) is 0.481. The Hall–Kier alpha value is -1.92. The van der Waals surface area contributed by atoms with Gasteiger partial charge in [-0.05, 0) is 19.8 Å². The molecule has 0 atom stereocenters. The van der Waals surface area contributed by atoms with Crippen LogP contribution in [0.1, 0.15) is 61.1 Å². The Kier molecular flexibility index (Phi) is 4.36. The number of rotatable bonds is 4. The summed E-state index contributed by atoms with van der Waals surface area (Å²) >= 11 is 0. The minimum absolute atomic E-state index is 0.0411. The number of hydrogen-bond acceptors (Lipinski definition) is 5. The molecular weight excluding hydrogens is 262 g/mol. The molecule has 1 saturated carbocycles. The van der Waals surface area contributed by atoms with Crippen LogP contribution < -0.4 is 0 Å². The molecule has 0 bridgehead atoms. The van der Waals surface area contributed by atoms with Gasteiger partial charge in [0.1, 0.15) is 5.69 Å². The van der Waals surface area contributed by atoms with Crippen LogP contribution in [0.5, 0.6) is 0 Å². The van der Waals surface area contributed by atoms with E-state index in [4.69, 9.17) is 0 Å². The highest BCUT2D eigenvalue weighted by Crippen LogP contribution is 2.38. The maximum Gasteiger partial charge on any atom is 0.363 e. The number of ether oxygens (including phenoxy) is 1. The molecule has 2 rings (SSSR count). The van der Waals surface area contributed by atoms with E-state index in [9.17, 15) is 14.9 Å². The molecule has 1 aliphatic carbocycles. The molecule has 1 aliphatic rings. The van der Waals surface area contributed by atoms with Gasteiger partial charge in [-0.3, -0.25) is 14.8 Å². The van der Waals surface area contributed by atoms with Crippen molar-refractivity contribution >= 4 is 11.7 Å². The second-order valence-corrected chi connectivity index (χ2v) is 4.98. The second kappa shape index (κ2) is 6.02. The summed E-state index contributed by atoms with van der Waals surface area (Å²) in [6.07, 6.45) is 5.04. The van der Waals surface area contributed by atoms with Gasteiger partial charge in [0.25, 0.3) is 0 Å². The zero-order valence-electron chi connectivity index (χ0n) is 11.8. The van der Waals surface area contributed by atoms with Gasteiger partial charge in [0.05, 0.1) is 12.0 Å². The third kappa shape index (κ3) is 2.52. The SMILES string of the molecule is CCn1nc(C2CCCCC2)c([N+](=O)[O-])c1C(=O)OC. The molecule has 1 heterocycles. The van der Waals surface area contributed by atoms with Crippen LogP contribution in [-0.4, -0.2) is 27.8 Å². The summed E-state index contributed by atoms with van der Waals surface area (Å²) in [5.74, 6) is -0.631. The number of carbonyl (C=O) groups is 1. The van der Waals surface area contributed by atoms with Crippen LogP contribution in [0.25, 0.3) is 0 Å². The molecule has 20 heavy (non-hydrogen) atoms. The maximum absolute atomic E-state index is 11.8. The number of hydrogen-bond donors (Lipinski definition) is 0. The third-order valence-corrected chi connectivity index (χ3v) is 3.81. The van der Waals surface area contributed by atoms with Gasteiger partial charge in [-0.2, -0.15) is 5.10 Å². The molecule has 1 fully saturated rings. The molecule has 7 nitrogen and oxygen atoms in total. The van der Waals surface area contributed by atoms with E-state index in [1.54, 1.807) is 6.92 Å². The van der Waals surface area contributed by atoms with Gasteiger partial charge in [0.2, 0.25) is 5.69 Å². The van der Waals surface area contributed by atoms with E-state index in [-0.39, 0.29) is 17.3 Å². The van der Waals surface area contributed by atoms with E-state index in [1.807, 2.05) is 0 Å². The predicted molar refractivity (Wildman–Crippen MR) is 71.7 cm³/mol. The number of esters is 1. The molecule has 0 radical (unpaired) electrons. The Balaban J connectivity index is 2.53. The molecule has 0 aliphatic heterocycles. The molecule has 1 aromatic heterocycles. The van der Waals surface area contributed by atoms with Crippen LogP contribution in [0, 0.1) is 10.1 Å². The molecule has 0 spiro atoms. The number of methoxy groups -OCH3 is 1. The summed E-state index contributed by atoms with van der Waals surface area (Å²) in [7, 11) is 1.22. The first-order valence-corrected chi connectivity index (χ1v) is 6.93. The van der Waals surface area contributed by atoms with Crippen molar-refractivity contribution in [1.29, 1.82) is 0 Å². The number of nitrogens with zero attached hydrogens (tertiary/aromatic N) is 3. The van der Waals surface area contributed by atoms with Crippen LogP contribution in [-0.2, 0) is 11.3 Å². The fraction of sp³-hybridized carbons (Fsp3) is 0.692. The molecule has 7 heteroatoms. The smallest absolute Gasteiger partial charge is 0.363 e. The summed E-state index contributed by atoms with van der Waals surface area (Å²) < 4.78 is 6.05. The van der Waals surface area contributed by atoms with Crippen LogP contribution >= 0.6 is 0 Å². The summed E-state index contributed by atoms with van der Waals surface area (Å²) in [4.78, 5) is 22.7. The zero-order chi connectivity index (χ0) is 14.7. The highest BCUT2D eigenvalue weighted by molar-refractivity contribution is 5.92. The lowest BCUT2D eigenvalue weighted by Gasteiger charge is -2.18. The lowest BCUT2D eigenvalue weighted by molar-refractivity contribution is -0.386. The monoisotopic (exact) mass is 281 g/mol. The number of carbonyl (C=O) groups excluding carboxylic acids is 1. The van der Waals surface area contributed by atoms with Gasteiger partial charge < -0.3 is 4.74 Å². The molecule has 0 N–H and O–H groups in total. The highest BCUT2D eigenvalue weighted by Gasteiger charge is 2.36. The Morgan fingerprint density at radius 3 is 2.60 bits per heavy atom. The first kappa shape index (κ1) is 14.5. The summed E-state index contributed by atoms with van der Waals surface area (Å²) in [5, 5.41) is 15.7. The van der Waals surface area contributed by atoms with E-state index in [1.165, 1.54) is 11.8 Å². The van der Waals surface area contributed by atoms with Crippen LogP contribution in [0.4, 0.5) is 5.69 Å². The van der Waals surface area contributed by atoms with Crippen molar-refractivity contribution in [2.24, 2.45) is 0 Å². The van der Waals surface area contributed by atoms with Crippen LogP contribution in [0.3, 0.4) is 0 Å². The Bertz CT molecular complexity index is 518. The first-order chi connectivity index (χ1) is 9.60. The standard InChI is InChI=1S/C13H19N3O4/c1-3-15-12(13(17)20-2)11(16(18)19)10(14-15)9-7-5-4-6-8-9/h9H,3-8H2,1-2H3. The lowest BCUT2D eigenvalue weighted by atomic mass is 9.86. The van der Waals surface area contributed by atoms with Crippen molar-refractivity contribution in [1.82, 2.24) is 9.78 Å². The fourth-order valence-corrected chi connectivity index (χ4v) is 2.83. The van der Waals surface area contributed by atoms with Crippen molar-refractivity contribution < 1.29 is 14.5 Å². The van der Waals surface area contributed by atoms with Crippen LogP contribution in [0.2, 0.25) is 0 Å². The van der Waals surface area contributed by atoms with Crippen molar-refractivity contribution in [3.63, 3.8) is 0 Å². The molecular formula is C13H19N3O4. The van der Waals surface area contributed by atoms with Crippen molar-refractivity contribution in [3.05, 3.63) is 21.5 Å². The van der Waals surface area contributed by atoms with Gasteiger partial charge in [0, 0.05) is 12.5 Å². The normalized spacial score (nSPS) is 16.1. The Morgan fingerprint density at radius 2 is 2.10 bits per heavy atom. The van der Waals surface area contributed by atoms with Gasteiger partial charge in [0.15, 0.2) is 0 Å². The number of nitro groups is 1. The minimum Gasteiger partial charge on any atom is -0.464 e. The molecule has 0 saturated heterocycles. The second-order valence-electron chi connectivity index (χ2n) is 4.98. The molecule has 110 valence electrons. The first-order valence-electron chi connectivity index (χ1n) is 6.93. The third-order valence-electron chi connectivity index (χ3n) is 3.81. The van der Waals surface area contributed by atoms with Gasteiger partial charge in [-0.15, -0.1) is 0 Å². The van der Waals surface area contributed by atoms with Gasteiger partial charge in [-0.25, -0.2) is 4.79 Å². The fourth-order valence-electron chi connectivity index (χ4n) is 2.83. The maximum atomic E-state index is 11.8. The average molecular weight is 281 g/mol. The molecule has 1 aromatic rings. The van der Waals surface area contributed by atoms with E-state index in [2.05, 4.69) is 9.84 Å². The van der Waals surface area contributed by atoms with E-state index >= 15 is 0 Å². The van der Waals surface area contributed by atoms with Crippen LogP contribution in [0.15, 0.2) is 0 Å². The van der Waals surface area contributed by atoms with E-state index in [0.29, 0.717) is 12.2 Å². The summed E-state index contributed by atoms with van der Waals surface area (Å²) in [5.41, 5.74) is 0.225. The van der Waals surface area contributed by atoms with Crippen molar-refractivity contribution in [2.45, 2.75) is 51.5 Å². The summed E-state index contributed by atoms with van der Waals surface area (Å²) in [6, 6.07) is 0. The predicted octanol–water partition coefficient (Wildman–Crippen LogP) is 2.65. The topological polar surface area (TPSA) is 87.3 Å². The number of aryl methyl sites for hydroxylation is 1. The van der Waals surface area contributed by atoms with E-state index < -0.39 is 10.9 Å². The lowest BCUT2D eigenvalue weighted by Crippen LogP contribution is -2.12. The molecule has 0 amide bonds. The number of aromatic nitrogens is 2. The van der Waals surface area contributed by atoms with Gasteiger partial charge in [-0.1, -0.05) is 19.3 Å². The molecule has 0 unspecified atom stereocenters. The largest absolute Gasteiger partial charge is 0.464 e. The van der Waals surface area contributed by atoms with Crippen molar-refractivity contribution in [2.75, 3.05) is 7.11 Å². The summed E-state index contributed by atoms with van der Waals surface area (Å²) in [6.45, 7) is 2.20. The van der Waals surface area contributed by atoms with Crippen molar-refractivity contribution in [3.8, 4) is 0 Å². The van der Waals surface area contributed by atoms with Gasteiger partial charge >= 0.3 is 11.7 Å². The van der Waals surface area contributed by atoms with E-state index in [0.717, 1.165) is 32.1 Å². The highest BCUT2D eigenvalue weighted by atomic mass is 16.6. The zero-order valence-corrected chi connectivity index (χ0v) is 11.8. The average Bonchev–Trinajstić information content (AvgIpc) is 2.87. The Labute approximate surface area is 117 Å². The Morgan fingerprint density at radius 1 is 1.45 bits per heavy atom. The molecule has 0 aromatic carbocycles. The minimum atomic E-state index is -0.701.